The number of rotatable bonds is 3. The van der Waals surface area contributed by atoms with Crippen LogP contribution in [-0.4, -0.2) is 21.3 Å². The van der Waals surface area contributed by atoms with Crippen molar-refractivity contribution in [1.82, 2.24) is 10.2 Å². The molecule has 2 aromatic carbocycles. The van der Waals surface area contributed by atoms with Gasteiger partial charge >= 0.3 is 11.9 Å². The Morgan fingerprint density at radius 2 is 1.89 bits per heavy atom. The molecule has 5 heteroatoms. The van der Waals surface area contributed by atoms with Crippen LogP contribution in [0.4, 0.5) is 0 Å². The van der Waals surface area contributed by atoms with Gasteiger partial charge in [-0.15, -0.1) is 10.2 Å². The van der Waals surface area contributed by atoms with Gasteiger partial charge in [-0.25, -0.2) is 4.79 Å². The number of fused-ring (bicyclic) bond motifs is 1. The molecule has 0 bridgehead atoms. The van der Waals surface area contributed by atoms with E-state index in [-0.39, 0.29) is 5.89 Å². The molecule has 0 aliphatic carbocycles. The Kier molecular flexibility index (Phi) is 2.72. The Labute approximate surface area is 108 Å². The Hall–Kier alpha value is -2.69. The average molecular weight is 254 g/mol. The Bertz CT molecular complexity index is 744. The van der Waals surface area contributed by atoms with Gasteiger partial charge in [-0.05, 0) is 16.3 Å². The van der Waals surface area contributed by atoms with E-state index in [1.807, 2.05) is 42.5 Å². The van der Waals surface area contributed by atoms with Gasteiger partial charge in [0.15, 0.2) is 0 Å². The molecule has 3 rings (SSSR count). The van der Waals surface area contributed by atoms with Crippen molar-refractivity contribution in [1.29, 1.82) is 0 Å². The van der Waals surface area contributed by atoms with E-state index in [1.165, 1.54) is 0 Å². The van der Waals surface area contributed by atoms with Crippen molar-refractivity contribution in [2.45, 2.75) is 6.42 Å². The number of carboxylic acid groups (broad SMARTS) is 1. The Morgan fingerprint density at radius 3 is 2.68 bits per heavy atom. The summed E-state index contributed by atoms with van der Waals surface area (Å²) in [6.07, 6.45) is 0.418. The quantitative estimate of drug-likeness (QED) is 0.777. The topological polar surface area (TPSA) is 76.2 Å². The molecule has 0 atom stereocenters. The number of hydrogen-bond donors (Lipinski definition) is 1. The highest BCUT2D eigenvalue weighted by atomic mass is 16.4. The summed E-state index contributed by atoms with van der Waals surface area (Å²) in [6.45, 7) is 0. The lowest BCUT2D eigenvalue weighted by Gasteiger charge is -2.03. The molecular formula is C14H10N2O3. The zero-order chi connectivity index (χ0) is 13.2. The molecule has 5 nitrogen and oxygen atoms in total. The van der Waals surface area contributed by atoms with Crippen molar-refractivity contribution in [3.63, 3.8) is 0 Å². The van der Waals surface area contributed by atoms with Gasteiger partial charge in [0.1, 0.15) is 0 Å². The third kappa shape index (κ3) is 2.18. The fraction of sp³-hybridized carbons (Fsp3) is 0.0714. The molecule has 94 valence electrons. The fourth-order valence-corrected chi connectivity index (χ4v) is 2.02. The highest BCUT2D eigenvalue weighted by Gasteiger charge is 2.13. The molecule has 0 unspecified atom stereocenters. The molecule has 0 spiro atoms. The predicted octanol–water partition coefficient (Wildman–Crippen LogP) is 2.51. The second-order valence-corrected chi connectivity index (χ2v) is 4.12. The Morgan fingerprint density at radius 1 is 1.11 bits per heavy atom. The number of carboxylic acids is 1. The largest absolute Gasteiger partial charge is 0.474 e. The minimum Gasteiger partial charge on any atom is -0.474 e. The van der Waals surface area contributed by atoms with Crippen LogP contribution < -0.4 is 0 Å². The Balaban J connectivity index is 1.98. The van der Waals surface area contributed by atoms with Crippen LogP contribution in [0.3, 0.4) is 0 Å². The molecule has 1 N–H and O–H groups in total. The molecular weight excluding hydrogens is 244 g/mol. The van der Waals surface area contributed by atoms with Crippen LogP contribution >= 0.6 is 0 Å². The van der Waals surface area contributed by atoms with Crippen molar-refractivity contribution in [3.05, 3.63) is 59.8 Å². The molecule has 0 aliphatic rings. The first-order valence-corrected chi connectivity index (χ1v) is 5.76. The molecule has 0 saturated heterocycles. The van der Waals surface area contributed by atoms with Crippen LogP contribution in [0.1, 0.15) is 22.1 Å². The zero-order valence-electron chi connectivity index (χ0n) is 9.91. The normalized spacial score (nSPS) is 10.7. The number of aromatic carboxylic acids is 1. The second kappa shape index (κ2) is 4.53. The first kappa shape index (κ1) is 11.4. The van der Waals surface area contributed by atoms with Gasteiger partial charge in [0.25, 0.3) is 0 Å². The van der Waals surface area contributed by atoms with E-state index in [0.717, 1.165) is 16.3 Å². The van der Waals surface area contributed by atoms with Gasteiger partial charge in [0.05, 0.1) is 6.42 Å². The third-order valence-corrected chi connectivity index (χ3v) is 2.87. The molecule has 3 aromatic rings. The van der Waals surface area contributed by atoms with Gasteiger partial charge in [-0.1, -0.05) is 42.5 Å². The number of benzene rings is 2. The number of hydrogen-bond acceptors (Lipinski definition) is 4. The van der Waals surface area contributed by atoms with Gasteiger partial charge in [0, 0.05) is 0 Å². The summed E-state index contributed by atoms with van der Waals surface area (Å²) in [5.41, 5.74) is 1.03. The highest BCUT2D eigenvalue weighted by molar-refractivity contribution is 5.85. The summed E-state index contributed by atoms with van der Waals surface area (Å²) >= 11 is 0. The molecule has 0 aliphatic heterocycles. The smallest absolute Gasteiger partial charge is 0.393 e. The maximum atomic E-state index is 10.7. The van der Waals surface area contributed by atoms with Crippen LogP contribution in [0.2, 0.25) is 0 Å². The minimum atomic E-state index is -1.21. The van der Waals surface area contributed by atoms with Crippen molar-refractivity contribution in [2.75, 3.05) is 0 Å². The molecule has 1 heterocycles. The van der Waals surface area contributed by atoms with Crippen LogP contribution in [0.15, 0.2) is 46.9 Å². The minimum absolute atomic E-state index is 0.300. The van der Waals surface area contributed by atoms with Crippen LogP contribution in [0, 0.1) is 0 Å². The van der Waals surface area contributed by atoms with Gasteiger partial charge in [0.2, 0.25) is 5.89 Å². The number of nitrogens with zero attached hydrogens (tertiary/aromatic N) is 2. The second-order valence-electron chi connectivity index (χ2n) is 4.12. The molecule has 1 aromatic heterocycles. The van der Waals surface area contributed by atoms with Crippen molar-refractivity contribution in [3.8, 4) is 0 Å². The van der Waals surface area contributed by atoms with Gasteiger partial charge < -0.3 is 9.52 Å². The van der Waals surface area contributed by atoms with Crippen LogP contribution in [0.5, 0.6) is 0 Å². The lowest BCUT2D eigenvalue weighted by atomic mass is 10.0. The first-order valence-electron chi connectivity index (χ1n) is 5.76. The van der Waals surface area contributed by atoms with Gasteiger partial charge in [-0.3, -0.25) is 0 Å². The summed E-state index contributed by atoms with van der Waals surface area (Å²) in [5.74, 6) is -1.29. The van der Waals surface area contributed by atoms with E-state index in [1.54, 1.807) is 0 Å². The van der Waals surface area contributed by atoms with E-state index in [4.69, 9.17) is 9.52 Å². The molecule has 0 radical (unpaired) electrons. The number of carbonyl (C=O) groups is 1. The lowest BCUT2D eigenvalue weighted by molar-refractivity contribution is 0.0651. The summed E-state index contributed by atoms with van der Waals surface area (Å²) in [7, 11) is 0. The maximum absolute atomic E-state index is 10.7. The first-order chi connectivity index (χ1) is 9.24. The summed E-state index contributed by atoms with van der Waals surface area (Å²) in [4.78, 5) is 10.7. The molecule has 0 fully saturated rings. The molecule has 0 saturated carbocycles. The van der Waals surface area contributed by atoms with Crippen molar-refractivity contribution >= 4 is 16.7 Å². The lowest BCUT2D eigenvalue weighted by Crippen LogP contribution is -1.95. The average Bonchev–Trinajstić information content (AvgIpc) is 2.88. The van der Waals surface area contributed by atoms with Crippen LogP contribution in [-0.2, 0) is 6.42 Å². The van der Waals surface area contributed by atoms with Gasteiger partial charge in [-0.2, -0.15) is 0 Å². The third-order valence-electron chi connectivity index (χ3n) is 2.87. The van der Waals surface area contributed by atoms with Crippen molar-refractivity contribution < 1.29 is 14.3 Å². The van der Waals surface area contributed by atoms with Crippen LogP contribution in [0.25, 0.3) is 10.8 Å². The van der Waals surface area contributed by atoms with E-state index >= 15 is 0 Å². The SMILES string of the molecule is O=C(O)c1nnc(Cc2cccc3ccccc23)o1. The van der Waals surface area contributed by atoms with E-state index in [0.29, 0.717) is 12.3 Å². The molecule has 0 amide bonds. The number of aromatic nitrogens is 2. The summed E-state index contributed by atoms with van der Waals surface area (Å²) in [6, 6.07) is 13.9. The van der Waals surface area contributed by atoms with E-state index < -0.39 is 5.97 Å². The monoisotopic (exact) mass is 254 g/mol. The van der Waals surface area contributed by atoms with E-state index in [2.05, 4.69) is 10.2 Å². The van der Waals surface area contributed by atoms with Crippen molar-refractivity contribution in [2.24, 2.45) is 0 Å². The van der Waals surface area contributed by atoms with E-state index in [9.17, 15) is 4.79 Å². The summed E-state index contributed by atoms with van der Waals surface area (Å²) < 4.78 is 5.08. The zero-order valence-corrected chi connectivity index (χ0v) is 9.91. The predicted molar refractivity (Wildman–Crippen MR) is 68.0 cm³/mol. The summed E-state index contributed by atoms with van der Waals surface area (Å²) in [5, 5.41) is 18.2. The maximum Gasteiger partial charge on any atom is 0.393 e. The highest BCUT2D eigenvalue weighted by Crippen LogP contribution is 2.20. The standard InChI is InChI=1S/C14H10N2O3/c17-14(18)13-16-15-12(19-13)8-10-6-3-5-9-4-1-2-7-11(9)10/h1-7H,8H2,(H,17,18). The molecule has 19 heavy (non-hydrogen) atoms. The fourth-order valence-electron chi connectivity index (χ4n) is 2.02.